The molecule has 1 N–H and O–H groups in total. The fourth-order valence-electron chi connectivity index (χ4n) is 2.66. The molecular formula is C19H23KO5S. The summed E-state index contributed by atoms with van der Waals surface area (Å²) in [6, 6.07) is 11.2. The van der Waals surface area contributed by atoms with Gasteiger partial charge in [0.05, 0.1) is 0 Å². The first-order valence-electron chi connectivity index (χ1n) is 8.46. The van der Waals surface area contributed by atoms with E-state index in [1.807, 2.05) is 6.07 Å². The van der Waals surface area contributed by atoms with Crippen LogP contribution in [0.1, 0.15) is 44.6 Å². The van der Waals surface area contributed by atoms with Crippen molar-refractivity contribution in [3.8, 4) is 17.2 Å². The Morgan fingerprint density at radius 1 is 1.00 bits per heavy atom. The fraction of sp³-hybridized carbons (Fsp3) is 0.368. The van der Waals surface area contributed by atoms with Crippen LogP contribution in [0.5, 0.6) is 17.2 Å². The molecule has 0 heterocycles. The summed E-state index contributed by atoms with van der Waals surface area (Å²) in [6.45, 7) is 2.11. The fourth-order valence-corrected chi connectivity index (χ4v) is 3.44. The Hall–Kier alpha value is -0.414. The van der Waals surface area contributed by atoms with Gasteiger partial charge >= 0.3 is 51.4 Å². The van der Waals surface area contributed by atoms with Crippen LogP contribution < -0.4 is 61.2 Å². The van der Waals surface area contributed by atoms with Crippen LogP contribution in [0, 0.1) is 0 Å². The number of hydrogen-bond donors (Lipinski definition) is 1. The summed E-state index contributed by atoms with van der Waals surface area (Å²) in [5.41, 5.74) is 0.124. The third kappa shape index (κ3) is 7.30. The van der Waals surface area contributed by atoms with Crippen molar-refractivity contribution in [1.29, 1.82) is 0 Å². The zero-order chi connectivity index (χ0) is 18.3. The average molecular weight is 403 g/mol. The molecule has 0 unspecified atom stereocenters. The van der Waals surface area contributed by atoms with Crippen molar-refractivity contribution in [1.82, 2.24) is 0 Å². The van der Waals surface area contributed by atoms with Gasteiger partial charge in [-0.2, -0.15) is 8.42 Å². The van der Waals surface area contributed by atoms with E-state index in [4.69, 9.17) is 4.74 Å². The molecule has 2 aromatic rings. The van der Waals surface area contributed by atoms with Crippen LogP contribution in [0.15, 0.2) is 47.4 Å². The van der Waals surface area contributed by atoms with E-state index in [1.165, 1.54) is 12.1 Å². The van der Waals surface area contributed by atoms with Crippen LogP contribution >= 0.6 is 0 Å². The molecule has 2 rings (SSSR count). The van der Waals surface area contributed by atoms with Gasteiger partial charge in [0.25, 0.3) is 10.1 Å². The molecule has 0 saturated heterocycles. The summed E-state index contributed by atoms with van der Waals surface area (Å²) in [5, 5.41) is 12.4. The quantitative estimate of drug-likeness (QED) is 0.388. The van der Waals surface area contributed by atoms with Crippen LogP contribution in [0.4, 0.5) is 0 Å². The summed E-state index contributed by atoms with van der Waals surface area (Å²) >= 11 is 0. The maximum Gasteiger partial charge on any atom is 1.00 e. The van der Waals surface area contributed by atoms with Crippen molar-refractivity contribution >= 4 is 10.1 Å². The van der Waals surface area contributed by atoms with E-state index in [-0.39, 0.29) is 67.6 Å². The first-order chi connectivity index (χ1) is 11.9. The van der Waals surface area contributed by atoms with E-state index < -0.39 is 15.9 Å². The van der Waals surface area contributed by atoms with Crippen molar-refractivity contribution in [2.24, 2.45) is 0 Å². The van der Waals surface area contributed by atoms with Crippen molar-refractivity contribution in [2.75, 3.05) is 0 Å². The van der Waals surface area contributed by atoms with Crippen molar-refractivity contribution < 1.29 is 74.2 Å². The van der Waals surface area contributed by atoms with Crippen LogP contribution in [-0.4, -0.2) is 13.0 Å². The largest absolute Gasteiger partial charge is 1.00 e. The van der Waals surface area contributed by atoms with E-state index in [9.17, 15) is 18.1 Å². The van der Waals surface area contributed by atoms with Gasteiger partial charge in [0, 0.05) is 6.07 Å². The molecule has 5 nitrogen and oxygen atoms in total. The topological polar surface area (TPSA) is 86.7 Å². The molecule has 0 aliphatic rings. The van der Waals surface area contributed by atoms with Crippen LogP contribution in [0.25, 0.3) is 0 Å². The standard InChI is InChI=1S/C19H24O5S.K/c1-2-3-4-5-9-12-17-18(20)13-16(14-19(17)25(21,22)23)24-15-10-7-6-8-11-15;/h6-8,10-11,13-14,20H,2-5,9,12H2,1H3,(H,21,22,23);/q;+1/p-1. The molecule has 26 heavy (non-hydrogen) atoms. The summed E-state index contributed by atoms with van der Waals surface area (Å²) in [4.78, 5) is -0.360. The van der Waals surface area contributed by atoms with Crippen molar-refractivity contribution in [3.63, 3.8) is 0 Å². The summed E-state index contributed by atoms with van der Waals surface area (Å²) in [5.74, 6) is 0.144. The van der Waals surface area contributed by atoms with E-state index in [2.05, 4.69) is 6.92 Å². The molecule has 0 atom stereocenters. The van der Waals surface area contributed by atoms with Gasteiger partial charge in [-0.05, 0) is 36.6 Å². The molecule has 0 amide bonds. The third-order valence-corrected chi connectivity index (χ3v) is 4.85. The van der Waals surface area contributed by atoms with Gasteiger partial charge in [-0.1, -0.05) is 50.8 Å². The predicted molar refractivity (Wildman–Crippen MR) is 94.7 cm³/mol. The average Bonchev–Trinajstić information content (AvgIpc) is 2.56. The molecule has 0 aliphatic carbocycles. The number of para-hydroxylation sites is 1. The monoisotopic (exact) mass is 402 g/mol. The second-order valence-corrected chi connectivity index (χ2v) is 7.34. The Kier molecular flexibility index (Phi) is 10.4. The zero-order valence-electron chi connectivity index (χ0n) is 15.3. The predicted octanol–water partition coefficient (Wildman–Crippen LogP) is 1.32. The number of rotatable bonds is 9. The van der Waals surface area contributed by atoms with Gasteiger partial charge in [-0.3, -0.25) is 4.55 Å². The molecular weight excluding hydrogens is 379 g/mol. The SMILES string of the molecule is CCCCCCCc1c([O-])cc(Oc2ccccc2)cc1S(=O)(=O)O.[K+]. The van der Waals surface area contributed by atoms with E-state index in [0.717, 1.165) is 25.7 Å². The number of unbranched alkanes of at least 4 members (excludes halogenated alkanes) is 4. The molecule has 0 radical (unpaired) electrons. The van der Waals surface area contributed by atoms with Crippen molar-refractivity contribution in [2.45, 2.75) is 50.3 Å². The van der Waals surface area contributed by atoms with Gasteiger partial charge in [-0.15, -0.1) is 5.75 Å². The summed E-state index contributed by atoms with van der Waals surface area (Å²) in [7, 11) is -4.50. The minimum atomic E-state index is -4.50. The maximum atomic E-state index is 12.4. The third-order valence-electron chi connectivity index (χ3n) is 3.93. The first-order valence-corrected chi connectivity index (χ1v) is 9.90. The minimum Gasteiger partial charge on any atom is -0.872 e. The molecule has 7 heteroatoms. The van der Waals surface area contributed by atoms with Crippen LogP contribution in [-0.2, 0) is 16.5 Å². The molecule has 0 spiro atoms. The number of ether oxygens (including phenoxy) is 1. The number of benzene rings is 2. The first kappa shape index (κ1) is 23.6. The van der Waals surface area contributed by atoms with Gasteiger partial charge < -0.3 is 9.84 Å². The van der Waals surface area contributed by atoms with E-state index in [0.29, 0.717) is 18.6 Å². The van der Waals surface area contributed by atoms with Crippen LogP contribution in [0.2, 0.25) is 0 Å². The second kappa shape index (κ2) is 11.4. The molecule has 2 aromatic carbocycles. The Morgan fingerprint density at radius 3 is 2.27 bits per heavy atom. The zero-order valence-corrected chi connectivity index (χ0v) is 19.2. The summed E-state index contributed by atoms with van der Waals surface area (Å²) in [6.07, 6.45) is 5.20. The molecule has 0 bridgehead atoms. The number of hydrogen-bond acceptors (Lipinski definition) is 4. The molecule has 136 valence electrons. The van der Waals surface area contributed by atoms with E-state index in [1.54, 1.807) is 24.3 Å². The molecule has 0 aliphatic heterocycles. The van der Waals surface area contributed by atoms with Gasteiger partial charge in [0.2, 0.25) is 0 Å². The van der Waals surface area contributed by atoms with Gasteiger partial charge in [0.15, 0.2) is 0 Å². The van der Waals surface area contributed by atoms with E-state index >= 15 is 0 Å². The molecule has 0 fully saturated rings. The Morgan fingerprint density at radius 2 is 1.65 bits per heavy atom. The Labute approximate surface area is 198 Å². The van der Waals surface area contributed by atoms with Crippen LogP contribution in [0.3, 0.4) is 0 Å². The second-order valence-electron chi connectivity index (χ2n) is 5.95. The maximum absolute atomic E-state index is 12.4. The molecule has 0 aromatic heterocycles. The summed E-state index contributed by atoms with van der Waals surface area (Å²) < 4.78 is 38.4. The van der Waals surface area contributed by atoms with Gasteiger partial charge in [-0.25, -0.2) is 0 Å². The Bertz CT molecular complexity index is 791. The normalized spacial score (nSPS) is 11.0. The molecule has 0 saturated carbocycles. The smallest absolute Gasteiger partial charge is 0.872 e. The van der Waals surface area contributed by atoms with Gasteiger partial charge in [0.1, 0.15) is 16.4 Å². The Balaban J connectivity index is 0.00000338. The van der Waals surface area contributed by atoms with Crippen molar-refractivity contribution in [3.05, 3.63) is 48.0 Å². The minimum absolute atomic E-state index is 0.